The van der Waals surface area contributed by atoms with Crippen LogP contribution in [0.1, 0.15) is 17.6 Å². The highest BCUT2D eigenvalue weighted by Gasteiger charge is 2.35. The third kappa shape index (κ3) is 3.16. The molecule has 0 amide bonds. The highest BCUT2D eigenvalue weighted by Crippen LogP contribution is 2.56. The van der Waals surface area contributed by atoms with Crippen molar-refractivity contribution in [1.29, 1.82) is 0 Å². The van der Waals surface area contributed by atoms with Crippen molar-refractivity contribution in [3.63, 3.8) is 0 Å². The van der Waals surface area contributed by atoms with E-state index < -0.39 is 19.0 Å². The van der Waals surface area contributed by atoms with Crippen LogP contribution in [0.4, 0.5) is 0 Å². The van der Waals surface area contributed by atoms with Gasteiger partial charge in [-0.2, -0.15) is 0 Å². The fraction of sp³-hybridized carbons (Fsp3) is 0.133. The van der Waals surface area contributed by atoms with Gasteiger partial charge in [0.25, 0.3) is 0 Å². The van der Waals surface area contributed by atoms with Crippen molar-refractivity contribution in [3.05, 3.63) is 66.2 Å². The third-order valence-electron chi connectivity index (χ3n) is 3.10. The quantitative estimate of drug-likeness (QED) is 0.830. The molecule has 2 unspecified atom stereocenters. The third-order valence-corrected chi connectivity index (χ3v) is 5.46. The Balaban J connectivity index is 2.46. The number of carbonyl (C=O) groups is 1. The number of hydrogen-bond acceptors (Lipinski definition) is 2. The first-order valence-corrected chi connectivity index (χ1v) is 7.89. The van der Waals surface area contributed by atoms with Gasteiger partial charge in [0, 0.05) is 5.30 Å². The Morgan fingerprint density at radius 1 is 1.00 bits per heavy atom. The minimum atomic E-state index is -3.81. The molecule has 5 heteroatoms. The van der Waals surface area contributed by atoms with Gasteiger partial charge in [0.2, 0.25) is 7.37 Å². The van der Waals surface area contributed by atoms with E-state index in [9.17, 15) is 14.3 Å². The Morgan fingerprint density at radius 2 is 1.50 bits per heavy atom. The number of carboxylic acid groups (broad SMARTS) is 1. The molecule has 2 N–H and O–H groups in total. The molecule has 0 aliphatic rings. The normalized spacial score (nSPS) is 15.2. The van der Waals surface area contributed by atoms with Gasteiger partial charge < -0.3 is 10.00 Å². The second-order valence-corrected chi connectivity index (χ2v) is 6.87. The van der Waals surface area contributed by atoms with E-state index in [1.165, 1.54) is 0 Å². The first-order chi connectivity index (χ1) is 9.51. The second kappa shape index (κ2) is 6.04. The van der Waals surface area contributed by atoms with Crippen molar-refractivity contribution in [2.24, 2.45) is 0 Å². The van der Waals surface area contributed by atoms with Gasteiger partial charge in [0.15, 0.2) is 0 Å². The lowest BCUT2D eigenvalue weighted by molar-refractivity contribution is -0.137. The van der Waals surface area contributed by atoms with Crippen LogP contribution in [-0.4, -0.2) is 16.0 Å². The van der Waals surface area contributed by atoms with Crippen LogP contribution < -0.4 is 5.30 Å². The fourth-order valence-electron chi connectivity index (χ4n) is 2.11. The summed E-state index contributed by atoms with van der Waals surface area (Å²) in [7, 11) is -3.81. The SMILES string of the molecule is O=C(O)CC(c1ccccc1)P(=O)(O)c1ccccc1. The summed E-state index contributed by atoms with van der Waals surface area (Å²) in [5, 5.41) is 9.30. The van der Waals surface area contributed by atoms with Crippen LogP contribution in [0.2, 0.25) is 0 Å². The van der Waals surface area contributed by atoms with E-state index in [4.69, 9.17) is 5.11 Å². The number of aliphatic carboxylic acids is 1. The lowest BCUT2D eigenvalue weighted by Gasteiger charge is -2.22. The predicted molar refractivity (Wildman–Crippen MR) is 77.3 cm³/mol. The Kier molecular flexibility index (Phi) is 4.38. The van der Waals surface area contributed by atoms with Gasteiger partial charge in [0.1, 0.15) is 0 Å². The van der Waals surface area contributed by atoms with Crippen molar-refractivity contribution >= 4 is 18.6 Å². The maximum Gasteiger partial charge on any atom is 0.304 e. The molecule has 2 aromatic rings. The Morgan fingerprint density at radius 3 is 2.00 bits per heavy atom. The predicted octanol–water partition coefficient (Wildman–Crippen LogP) is 2.80. The zero-order chi connectivity index (χ0) is 14.6. The van der Waals surface area contributed by atoms with E-state index in [2.05, 4.69) is 0 Å². The standard InChI is InChI=1S/C15H15O4P/c16-15(17)11-14(12-7-3-1-4-8-12)20(18,19)13-9-5-2-6-10-13/h1-10,14H,11H2,(H,16,17)(H,18,19). The molecule has 0 spiro atoms. The van der Waals surface area contributed by atoms with E-state index >= 15 is 0 Å². The highest BCUT2D eigenvalue weighted by molar-refractivity contribution is 7.66. The molecule has 0 radical (unpaired) electrons. The molecule has 20 heavy (non-hydrogen) atoms. The first-order valence-electron chi connectivity index (χ1n) is 6.16. The minimum Gasteiger partial charge on any atom is -0.481 e. The summed E-state index contributed by atoms with van der Waals surface area (Å²) in [6, 6.07) is 16.8. The van der Waals surface area contributed by atoms with Gasteiger partial charge in [-0.05, 0) is 17.7 Å². The van der Waals surface area contributed by atoms with Crippen molar-refractivity contribution < 1.29 is 19.4 Å². The number of carboxylic acids is 1. The first kappa shape index (κ1) is 14.5. The average Bonchev–Trinajstić information content (AvgIpc) is 2.46. The maximum absolute atomic E-state index is 12.7. The molecule has 0 saturated carbocycles. The minimum absolute atomic E-state index is 0.273. The molecule has 4 nitrogen and oxygen atoms in total. The molecule has 0 fully saturated rings. The molecule has 0 bridgehead atoms. The summed E-state index contributed by atoms with van der Waals surface area (Å²) in [5.74, 6) is -1.09. The molecule has 2 atom stereocenters. The Bertz CT molecular complexity index is 625. The molecule has 0 aliphatic carbocycles. The summed E-state index contributed by atoms with van der Waals surface area (Å²) in [4.78, 5) is 21.5. The van der Waals surface area contributed by atoms with E-state index in [0.717, 1.165) is 0 Å². The van der Waals surface area contributed by atoms with Crippen LogP contribution >= 0.6 is 7.37 Å². The number of benzene rings is 2. The molecule has 104 valence electrons. The summed E-state index contributed by atoms with van der Waals surface area (Å²) in [6.07, 6.45) is -0.382. The summed E-state index contributed by atoms with van der Waals surface area (Å²) < 4.78 is 12.7. The Labute approximate surface area is 117 Å². The smallest absolute Gasteiger partial charge is 0.304 e. The van der Waals surface area contributed by atoms with Gasteiger partial charge >= 0.3 is 5.97 Å². The van der Waals surface area contributed by atoms with Gasteiger partial charge in [0.05, 0.1) is 12.1 Å². The Hall–Kier alpha value is -1.90. The van der Waals surface area contributed by atoms with Gasteiger partial charge in [-0.25, -0.2) is 0 Å². The lowest BCUT2D eigenvalue weighted by Crippen LogP contribution is -2.14. The van der Waals surface area contributed by atoms with Gasteiger partial charge in [-0.3, -0.25) is 9.36 Å². The summed E-state index contributed by atoms with van der Waals surface area (Å²) >= 11 is 0. The van der Waals surface area contributed by atoms with E-state index in [-0.39, 0.29) is 11.7 Å². The van der Waals surface area contributed by atoms with E-state index in [0.29, 0.717) is 5.56 Å². The molecule has 0 saturated heterocycles. The van der Waals surface area contributed by atoms with Crippen LogP contribution in [0.15, 0.2) is 60.7 Å². The van der Waals surface area contributed by atoms with Crippen LogP contribution in [0.3, 0.4) is 0 Å². The zero-order valence-corrected chi connectivity index (χ0v) is 11.6. The van der Waals surface area contributed by atoms with Crippen molar-refractivity contribution in [2.45, 2.75) is 12.1 Å². The lowest BCUT2D eigenvalue weighted by atomic mass is 10.1. The number of hydrogen-bond donors (Lipinski definition) is 2. The topological polar surface area (TPSA) is 74.6 Å². The van der Waals surface area contributed by atoms with E-state index in [1.54, 1.807) is 60.7 Å². The van der Waals surface area contributed by atoms with Crippen molar-refractivity contribution in [1.82, 2.24) is 0 Å². The van der Waals surface area contributed by atoms with Crippen LogP contribution in [0, 0.1) is 0 Å². The van der Waals surface area contributed by atoms with E-state index in [1.807, 2.05) is 0 Å². The molecule has 2 rings (SSSR count). The number of rotatable bonds is 5. The fourth-order valence-corrected chi connectivity index (χ4v) is 4.04. The summed E-state index contributed by atoms with van der Waals surface area (Å²) in [5.41, 5.74) is -0.381. The van der Waals surface area contributed by atoms with Crippen LogP contribution in [0.5, 0.6) is 0 Å². The summed E-state index contributed by atoms with van der Waals surface area (Å²) in [6.45, 7) is 0. The molecular formula is C15H15O4P. The monoisotopic (exact) mass is 290 g/mol. The van der Waals surface area contributed by atoms with Crippen LogP contribution in [-0.2, 0) is 9.36 Å². The molecule has 2 aromatic carbocycles. The van der Waals surface area contributed by atoms with Crippen molar-refractivity contribution in [2.75, 3.05) is 0 Å². The second-order valence-electron chi connectivity index (χ2n) is 4.48. The van der Waals surface area contributed by atoms with Crippen molar-refractivity contribution in [3.8, 4) is 0 Å². The van der Waals surface area contributed by atoms with Gasteiger partial charge in [-0.15, -0.1) is 0 Å². The average molecular weight is 290 g/mol. The molecule has 0 aromatic heterocycles. The molecular weight excluding hydrogens is 275 g/mol. The van der Waals surface area contributed by atoms with Crippen LogP contribution in [0.25, 0.3) is 0 Å². The largest absolute Gasteiger partial charge is 0.481 e. The van der Waals surface area contributed by atoms with Gasteiger partial charge in [-0.1, -0.05) is 48.5 Å². The molecule has 0 heterocycles. The zero-order valence-electron chi connectivity index (χ0n) is 10.7. The molecule has 0 aliphatic heterocycles. The highest BCUT2D eigenvalue weighted by atomic mass is 31.2. The maximum atomic E-state index is 12.7.